The van der Waals surface area contributed by atoms with Crippen LogP contribution in [0.5, 0.6) is 0 Å². The van der Waals surface area contributed by atoms with E-state index >= 15 is 0 Å². The summed E-state index contributed by atoms with van der Waals surface area (Å²) in [5.41, 5.74) is 0.594. The molecule has 2 nitrogen and oxygen atoms in total. The Hall–Kier alpha value is -0.920. The van der Waals surface area contributed by atoms with E-state index in [0.29, 0.717) is 11.9 Å². The zero-order valence-electron chi connectivity index (χ0n) is 6.17. The third kappa shape index (κ3) is 4.01. The van der Waals surface area contributed by atoms with Gasteiger partial charge in [-0.3, -0.25) is 9.59 Å². The summed E-state index contributed by atoms with van der Waals surface area (Å²) in [7, 11) is 0. The summed E-state index contributed by atoms with van der Waals surface area (Å²) < 4.78 is 0. The van der Waals surface area contributed by atoms with Crippen molar-refractivity contribution < 1.29 is 9.59 Å². The molecule has 0 rings (SSSR count). The molecule has 0 aliphatic rings. The first-order valence-electron chi connectivity index (χ1n) is 3.44. The van der Waals surface area contributed by atoms with Crippen LogP contribution in [-0.2, 0) is 9.59 Å². The molecule has 0 amide bonds. The van der Waals surface area contributed by atoms with Gasteiger partial charge in [0.25, 0.3) is 0 Å². The summed E-state index contributed by atoms with van der Waals surface area (Å²) in [6, 6.07) is 0. The minimum atomic E-state index is 0.594. The number of rotatable bonds is 5. The molecule has 0 aliphatic carbocycles. The second kappa shape index (κ2) is 6.20. The second-order valence-electron chi connectivity index (χ2n) is 2.10. The monoisotopic (exact) mass is 140 g/mol. The molecule has 0 spiro atoms. The van der Waals surface area contributed by atoms with Gasteiger partial charge in [0.05, 0.1) is 0 Å². The number of hydrogen-bond acceptors (Lipinski definition) is 2. The van der Waals surface area contributed by atoms with Gasteiger partial charge in [0.1, 0.15) is 12.6 Å². The van der Waals surface area contributed by atoms with Gasteiger partial charge in [-0.15, -0.1) is 0 Å². The van der Waals surface area contributed by atoms with Gasteiger partial charge in [0, 0.05) is 0 Å². The molecule has 0 atom stereocenters. The summed E-state index contributed by atoms with van der Waals surface area (Å²) >= 11 is 0. The van der Waals surface area contributed by atoms with Crippen molar-refractivity contribution >= 4 is 12.6 Å². The molecule has 0 radical (unpaired) electrons. The fraction of sp³-hybridized carbons (Fsp3) is 0.500. The number of carbonyl (C=O) groups is 2. The number of hydrogen-bond donors (Lipinski definition) is 0. The highest BCUT2D eigenvalue weighted by Crippen LogP contribution is 2.02. The van der Waals surface area contributed by atoms with Crippen LogP contribution in [0.1, 0.15) is 26.2 Å². The van der Waals surface area contributed by atoms with Crippen molar-refractivity contribution in [3.8, 4) is 0 Å². The van der Waals surface area contributed by atoms with Gasteiger partial charge < -0.3 is 0 Å². The van der Waals surface area contributed by atoms with E-state index in [1.54, 1.807) is 0 Å². The molecule has 0 saturated carbocycles. The Morgan fingerprint density at radius 2 is 2.10 bits per heavy atom. The van der Waals surface area contributed by atoms with Crippen LogP contribution < -0.4 is 0 Å². The van der Waals surface area contributed by atoms with Gasteiger partial charge in [-0.2, -0.15) is 0 Å². The number of carbonyl (C=O) groups excluding carboxylic acids is 2. The lowest BCUT2D eigenvalue weighted by atomic mass is 10.1. The lowest BCUT2D eigenvalue weighted by Crippen LogP contribution is -1.85. The Morgan fingerprint density at radius 1 is 1.40 bits per heavy atom. The van der Waals surface area contributed by atoms with Gasteiger partial charge in [0.15, 0.2) is 0 Å². The molecule has 0 aromatic carbocycles. The summed E-state index contributed by atoms with van der Waals surface area (Å²) in [6.45, 7) is 2.04. The molecule has 0 fully saturated rings. The molecular formula is C8H12O2. The minimum absolute atomic E-state index is 0.594. The Bertz CT molecular complexity index is 136. The van der Waals surface area contributed by atoms with Crippen LogP contribution in [0.4, 0.5) is 0 Å². The zero-order valence-corrected chi connectivity index (χ0v) is 6.17. The van der Waals surface area contributed by atoms with E-state index in [1.165, 1.54) is 6.08 Å². The van der Waals surface area contributed by atoms with Crippen LogP contribution in [0.15, 0.2) is 11.6 Å². The topological polar surface area (TPSA) is 34.1 Å². The van der Waals surface area contributed by atoms with E-state index in [1.807, 2.05) is 6.92 Å². The highest BCUT2D eigenvalue weighted by molar-refractivity contribution is 5.81. The maximum absolute atomic E-state index is 10.2. The third-order valence-corrected chi connectivity index (χ3v) is 1.25. The molecule has 2 heteroatoms. The van der Waals surface area contributed by atoms with E-state index in [4.69, 9.17) is 0 Å². The van der Waals surface area contributed by atoms with E-state index in [-0.39, 0.29) is 0 Å². The summed E-state index contributed by atoms with van der Waals surface area (Å²) in [5, 5.41) is 0. The van der Waals surface area contributed by atoms with Gasteiger partial charge in [-0.25, -0.2) is 0 Å². The average Bonchev–Trinajstić information content (AvgIpc) is 1.98. The Balaban J connectivity index is 3.70. The maximum atomic E-state index is 10.2. The molecule has 0 aliphatic heterocycles. The van der Waals surface area contributed by atoms with E-state index in [0.717, 1.165) is 25.5 Å². The Labute approximate surface area is 60.9 Å². The van der Waals surface area contributed by atoms with E-state index in [2.05, 4.69) is 0 Å². The van der Waals surface area contributed by atoms with Gasteiger partial charge in [-0.05, 0) is 24.5 Å². The molecule has 0 N–H and O–H groups in total. The molecule has 0 aromatic rings. The fourth-order valence-electron chi connectivity index (χ4n) is 0.650. The first-order valence-corrected chi connectivity index (χ1v) is 3.44. The molecule has 0 aromatic heterocycles. The molecule has 56 valence electrons. The average molecular weight is 140 g/mol. The summed E-state index contributed by atoms with van der Waals surface area (Å²) in [6.07, 6.45) is 5.45. The van der Waals surface area contributed by atoms with Crippen molar-refractivity contribution in [3.63, 3.8) is 0 Å². The standard InChI is InChI=1S/C8H12O2/c1-2-3-4-8(7-10)5-6-9/h5-7H,2-4H2,1H3/b8-5-. The molecule has 0 unspecified atom stereocenters. The van der Waals surface area contributed by atoms with Crippen molar-refractivity contribution in [2.24, 2.45) is 0 Å². The SMILES string of the molecule is CCCC/C(C=O)=C/C=O. The van der Waals surface area contributed by atoms with Gasteiger partial charge >= 0.3 is 0 Å². The Morgan fingerprint density at radius 3 is 2.50 bits per heavy atom. The molecule has 0 bridgehead atoms. The zero-order chi connectivity index (χ0) is 7.82. The Kier molecular flexibility index (Phi) is 5.63. The quantitative estimate of drug-likeness (QED) is 0.428. The van der Waals surface area contributed by atoms with E-state index in [9.17, 15) is 9.59 Å². The predicted molar refractivity (Wildman–Crippen MR) is 39.7 cm³/mol. The number of aldehydes is 2. The minimum Gasteiger partial charge on any atom is -0.299 e. The maximum Gasteiger partial charge on any atom is 0.146 e. The van der Waals surface area contributed by atoms with Crippen molar-refractivity contribution in [1.82, 2.24) is 0 Å². The number of allylic oxidation sites excluding steroid dienone is 2. The van der Waals surface area contributed by atoms with E-state index < -0.39 is 0 Å². The van der Waals surface area contributed by atoms with Crippen molar-refractivity contribution in [2.75, 3.05) is 0 Å². The van der Waals surface area contributed by atoms with Crippen LogP contribution in [0.2, 0.25) is 0 Å². The largest absolute Gasteiger partial charge is 0.299 e. The summed E-state index contributed by atoms with van der Waals surface area (Å²) in [5.74, 6) is 0. The molecule has 0 saturated heterocycles. The predicted octanol–water partition coefficient (Wildman–Crippen LogP) is 1.50. The van der Waals surface area contributed by atoms with Crippen LogP contribution in [-0.4, -0.2) is 12.6 Å². The molecule has 0 heterocycles. The highest BCUT2D eigenvalue weighted by Gasteiger charge is 1.91. The molecular weight excluding hydrogens is 128 g/mol. The molecule has 10 heavy (non-hydrogen) atoms. The normalized spacial score (nSPS) is 11.1. The van der Waals surface area contributed by atoms with Crippen LogP contribution in [0, 0.1) is 0 Å². The van der Waals surface area contributed by atoms with Gasteiger partial charge in [-0.1, -0.05) is 13.3 Å². The summed E-state index contributed by atoms with van der Waals surface area (Å²) in [4.78, 5) is 20.1. The first kappa shape index (κ1) is 9.08. The number of unbranched alkanes of at least 4 members (excludes halogenated alkanes) is 1. The van der Waals surface area contributed by atoms with Crippen LogP contribution >= 0.6 is 0 Å². The van der Waals surface area contributed by atoms with Crippen molar-refractivity contribution in [3.05, 3.63) is 11.6 Å². The first-order chi connectivity index (χ1) is 4.85. The second-order valence-corrected chi connectivity index (χ2v) is 2.10. The fourth-order valence-corrected chi connectivity index (χ4v) is 0.650. The van der Waals surface area contributed by atoms with Crippen LogP contribution in [0.3, 0.4) is 0 Å². The van der Waals surface area contributed by atoms with Crippen molar-refractivity contribution in [2.45, 2.75) is 26.2 Å². The lowest BCUT2D eigenvalue weighted by molar-refractivity contribution is -0.106. The lowest BCUT2D eigenvalue weighted by Gasteiger charge is -1.93. The third-order valence-electron chi connectivity index (χ3n) is 1.25. The van der Waals surface area contributed by atoms with Crippen molar-refractivity contribution in [1.29, 1.82) is 0 Å². The van der Waals surface area contributed by atoms with Crippen LogP contribution in [0.25, 0.3) is 0 Å². The highest BCUT2D eigenvalue weighted by atomic mass is 16.1. The smallest absolute Gasteiger partial charge is 0.146 e. The van der Waals surface area contributed by atoms with Gasteiger partial charge in [0.2, 0.25) is 0 Å².